The summed E-state index contributed by atoms with van der Waals surface area (Å²) >= 11 is 11.2. The SMILES string of the molecule is COc1ccccc1Oc1ccc(NC(=S)NCc2ccc(Cl)cc2)cn1. The van der Waals surface area contributed by atoms with E-state index in [0.29, 0.717) is 34.1 Å². The number of pyridine rings is 1. The van der Waals surface area contributed by atoms with Crippen molar-refractivity contribution in [3.8, 4) is 17.4 Å². The second-order valence-electron chi connectivity index (χ2n) is 5.57. The van der Waals surface area contributed by atoms with Crippen molar-refractivity contribution >= 4 is 34.6 Å². The molecule has 0 radical (unpaired) electrons. The van der Waals surface area contributed by atoms with Crippen molar-refractivity contribution in [3.05, 3.63) is 77.4 Å². The highest BCUT2D eigenvalue weighted by atomic mass is 35.5. The first-order valence-corrected chi connectivity index (χ1v) is 8.99. The first-order valence-electron chi connectivity index (χ1n) is 8.20. The zero-order valence-electron chi connectivity index (χ0n) is 14.6. The van der Waals surface area contributed by atoms with Crippen LogP contribution in [-0.4, -0.2) is 17.2 Å². The number of nitrogens with zero attached hydrogens (tertiary/aromatic N) is 1. The summed E-state index contributed by atoms with van der Waals surface area (Å²) in [5.41, 5.74) is 1.85. The van der Waals surface area contributed by atoms with Crippen LogP contribution in [0.15, 0.2) is 66.9 Å². The zero-order valence-corrected chi connectivity index (χ0v) is 16.2. The summed E-state index contributed by atoms with van der Waals surface area (Å²) in [5, 5.41) is 7.44. The van der Waals surface area contributed by atoms with Crippen molar-refractivity contribution in [1.29, 1.82) is 0 Å². The molecule has 1 aromatic heterocycles. The maximum atomic E-state index is 5.88. The lowest BCUT2D eigenvalue weighted by atomic mass is 10.2. The second-order valence-corrected chi connectivity index (χ2v) is 6.42. The Balaban J connectivity index is 1.54. The molecule has 0 fully saturated rings. The summed E-state index contributed by atoms with van der Waals surface area (Å²) in [5.74, 6) is 1.72. The van der Waals surface area contributed by atoms with Crippen molar-refractivity contribution in [1.82, 2.24) is 10.3 Å². The van der Waals surface area contributed by atoms with Crippen LogP contribution in [0.1, 0.15) is 5.56 Å². The number of hydrogen-bond donors (Lipinski definition) is 2. The number of thiocarbonyl (C=S) groups is 1. The Labute approximate surface area is 168 Å². The van der Waals surface area contributed by atoms with E-state index in [1.807, 2.05) is 54.6 Å². The van der Waals surface area contributed by atoms with Gasteiger partial charge in [0.25, 0.3) is 0 Å². The van der Waals surface area contributed by atoms with Crippen LogP contribution < -0.4 is 20.1 Å². The molecule has 0 aliphatic rings. The average Bonchev–Trinajstić information content (AvgIpc) is 2.69. The van der Waals surface area contributed by atoms with E-state index < -0.39 is 0 Å². The lowest BCUT2D eigenvalue weighted by Crippen LogP contribution is -2.27. The molecule has 7 heteroatoms. The Morgan fingerprint density at radius 1 is 1.04 bits per heavy atom. The Kier molecular flexibility index (Phi) is 6.46. The average molecular weight is 400 g/mol. The van der Waals surface area contributed by atoms with Crippen LogP contribution in [0.3, 0.4) is 0 Å². The number of methoxy groups -OCH3 is 1. The Bertz CT molecular complexity index is 902. The maximum absolute atomic E-state index is 5.88. The second kappa shape index (κ2) is 9.21. The Morgan fingerprint density at radius 2 is 1.78 bits per heavy atom. The number of anilines is 1. The summed E-state index contributed by atoms with van der Waals surface area (Å²) < 4.78 is 11.0. The molecule has 0 bridgehead atoms. The third-order valence-electron chi connectivity index (χ3n) is 3.64. The van der Waals surface area contributed by atoms with Crippen LogP contribution >= 0.6 is 23.8 Å². The predicted molar refractivity (Wildman–Crippen MR) is 112 cm³/mol. The molecular weight excluding hydrogens is 382 g/mol. The summed E-state index contributed by atoms with van der Waals surface area (Å²) in [7, 11) is 1.60. The first-order chi connectivity index (χ1) is 13.1. The number of benzene rings is 2. The number of hydrogen-bond acceptors (Lipinski definition) is 4. The lowest BCUT2D eigenvalue weighted by molar-refractivity contribution is 0.374. The van der Waals surface area contributed by atoms with E-state index >= 15 is 0 Å². The normalized spacial score (nSPS) is 10.1. The van der Waals surface area contributed by atoms with E-state index in [-0.39, 0.29) is 0 Å². The van der Waals surface area contributed by atoms with Crippen LogP contribution in [0.4, 0.5) is 5.69 Å². The molecule has 27 heavy (non-hydrogen) atoms. The van der Waals surface area contributed by atoms with Gasteiger partial charge in [-0.05, 0) is 48.1 Å². The van der Waals surface area contributed by atoms with Crippen molar-refractivity contribution in [2.45, 2.75) is 6.54 Å². The number of rotatable bonds is 6. The molecule has 0 aliphatic heterocycles. The fourth-order valence-electron chi connectivity index (χ4n) is 2.29. The van der Waals surface area contributed by atoms with Gasteiger partial charge in [-0.25, -0.2) is 4.98 Å². The fourth-order valence-corrected chi connectivity index (χ4v) is 2.61. The summed E-state index contributed by atoms with van der Waals surface area (Å²) in [6.45, 7) is 0.603. The molecule has 5 nitrogen and oxygen atoms in total. The summed E-state index contributed by atoms with van der Waals surface area (Å²) in [6, 6.07) is 18.6. The number of aromatic nitrogens is 1. The van der Waals surface area contributed by atoms with Gasteiger partial charge in [-0.15, -0.1) is 0 Å². The van der Waals surface area contributed by atoms with Gasteiger partial charge < -0.3 is 20.1 Å². The highest BCUT2D eigenvalue weighted by molar-refractivity contribution is 7.80. The number of ether oxygens (including phenoxy) is 2. The Morgan fingerprint density at radius 3 is 2.44 bits per heavy atom. The lowest BCUT2D eigenvalue weighted by Gasteiger charge is -2.12. The third-order valence-corrected chi connectivity index (χ3v) is 4.14. The quantitative estimate of drug-likeness (QED) is 0.567. The molecule has 0 saturated heterocycles. The molecule has 1 heterocycles. The molecule has 0 spiro atoms. The first kappa shape index (κ1) is 18.9. The van der Waals surface area contributed by atoms with Crippen LogP contribution in [-0.2, 0) is 6.54 Å². The van der Waals surface area contributed by atoms with Gasteiger partial charge >= 0.3 is 0 Å². The smallest absolute Gasteiger partial charge is 0.219 e. The van der Waals surface area contributed by atoms with Crippen LogP contribution in [0.2, 0.25) is 5.02 Å². The standard InChI is InChI=1S/C20H18ClN3O2S/c1-25-17-4-2-3-5-18(17)26-19-11-10-16(13-22-19)24-20(27)23-12-14-6-8-15(21)9-7-14/h2-11,13H,12H2,1H3,(H2,23,24,27). The molecule has 138 valence electrons. The molecule has 2 aromatic carbocycles. The molecule has 3 rings (SSSR count). The van der Waals surface area contributed by atoms with E-state index in [1.165, 1.54) is 0 Å². The largest absolute Gasteiger partial charge is 0.493 e. The van der Waals surface area contributed by atoms with Gasteiger partial charge in [0, 0.05) is 17.6 Å². The highest BCUT2D eigenvalue weighted by Gasteiger charge is 2.06. The number of para-hydroxylation sites is 2. The van der Waals surface area contributed by atoms with Gasteiger partial charge in [0.05, 0.1) is 19.0 Å². The number of halogens is 1. The van der Waals surface area contributed by atoms with Crippen LogP contribution in [0.5, 0.6) is 17.4 Å². The van der Waals surface area contributed by atoms with Crippen LogP contribution in [0, 0.1) is 0 Å². The predicted octanol–water partition coefficient (Wildman–Crippen LogP) is 5.02. The van der Waals surface area contributed by atoms with Crippen molar-refractivity contribution in [2.75, 3.05) is 12.4 Å². The molecular formula is C20H18ClN3O2S. The minimum absolute atomic E-state index is 0.463. The Hall–Kier alpha value is -2.83. The molecule has 0 saturated carbocycles. The van der Waals surface area contributed by atoms with Gasteiger partial charge in [0.2, 0.25) is 5.88 Å². The van der Waals surface area contributed by atoms with Gasteiger partial charge in [-0.1, -0.05) is 35.9 Å². The van der Waals surface area contributed by atoms with E-state index in [1.54, 1.807) is 19.4 Å². The van der Waals surface area contributed by atoms with Gasteiger partial charge in [0.1, 0.15) is 0 Å². The van der Waals surface area contributed by atoms with E-state index in [4.69, 9.17) is 33.3 Å². The molecule has 3 aromatic rings. The van der Waals surface area contributed by atoms with Gasteiger partial charge in [0.15, 0.2) is 16.6 Å². The minimum atomic E-state index is 0.463. The summed E-state index contributed by atoms with van der Waals surface area (Å²) in [6.07, 6.45) is 1.65. The topological polar surface area (TPSA) is 55.4 Å². The monoisotopic (exact) mass is 399 g/mol. The summed E-state index contributed by atoms with van der Waals surface area (Å²) in [4.78, 5) is 4.29. The fraction of sp³-hybridized carbons (Fsp3) is 0.100. The molecule has 0 aliphatic carbocycles. The van der Waals surface area contributed by atoms with E-state index in [0.717, 1.165) is 11.3 Å². The molecule has 0 amide bonds. The molecule has 2 N–H and O–H groups in total. The van der Waals surface area contributed by atoms with E-state index in [9.17, 15) is 0 Å². The zero-order chi connectivity index (χ0) is 19.1. The van der Waals surface area contributed by atoms with Crippen molar-refractivity contribution in [3.63, 3.8) is 0 Å². The van der Waals surface area contributed by atoms with Crippen molar-refractivity contribution in [2.24, 2.45) is 0 Å². The van der Waals surface area contributed by atoms with Gasteiger partial charge in [-0.2, -0.15) is 0 Å². The highest BCUT2D eigenvalue weighted by Crippen LogP contribution is 2.30. The number of nitrogens with one attached hydrogen (secondary N) is 2. The molecule has 0 atom stereocenters. The van der Waals surface area contributed by atoms with Crippen LogP contribution in [0.25, 0.3) is 0 Å². The molecule has 0 unspecified atom stereocenters. The van der Waals surface area contributed by atoms with E-state index in [2.05, 4.69) is 15.6 Å². The maximum Gasteiger partial charge on any atom is 0.219 e. The third kappa shape index (κ3) is 5.57. The minimum Gasteiger partial charge on any atom is -0.493 e. The van der Waals surface area contributed by atoms with Crippen molar-refractivity contribution < 1.29 is 9.47 Å². The van der Waals surface area contributed by atoms with Gasteiger partial charge in [-0.3, -0.25) is 0 Å².